The predicted octanol–water partition coefficient (Wildman–Crippen LogP) is 1.93. The molecular formula is C15H18BrN3O3S. The van der Waals surface area contributed by atoms with Crippen molar-refractivity contribution in [2.24, 2.45) is 5.41 Å². The number of carbonyl (C=O) groups excluding carboxylic acids is 1. The molecule has 2 rings (SSSR count). The zero-order valence-electron chi connectivity index (χ0n) is 12.5. The Kier molecular flexibility index (Phi) is 5.79. The Balaban J connectivity index is 1.76. The summed E-state index contributed by atoms with van der Waals surface area (Å²) in [6, 6.07) is 8.50. The first-order chi connectivity index (χ1) is 10.9. The van der Waals surface area contributed by atoms with Gasteiger partial charge in [0.05, 0.1) is 11.0 Å². The number of hydrogen-bond donors (Lipinski definition) is 2. The summed E-state index contributed by atoms with van der Waals surface area (Å²) in [6.45, 7) is 0.518. The van der Waals surface area contributed by atoms with Crippen molar-refractivity contribution in [2.75, 3.05) is 13.1 Å². The van der Waals surface area contributed by atoms with Crippen LogP contribution in [0.1, 0.15) is 25.7 Å². The molecule has 124 valence electrons. The maximum Gasteiger partial charge on any atom is 0.240 e. The first kappa shape index (κ1) is 17.9. The SMILES string of the molecule is N#CCC1(CNC(=O)CCNS(=O)(=O)c2cccc(Br)c2)CC1. The molecule has 6 nitrogen and oxygen atoms in total. The number of rotatable bonds is 8. The number of nitrogens with zero attached hydrogens (tertiary/aromatic N) is 1. The van der Waals surface area contributed by atoms with E-state index in [1.165, 1.54) is 12.1 Å². The Morgan fingerprint density at radius 3 is 2.74 bits per heavy atom. The smallest absolute Gasteiger partial charge is 0.240 e. The Labute approximate surface area is 144 Å². The summed E-state index contributed by atoms with van der Waals surface area (Å²) in [5.41, 5.74) is -0.0553. The first-order valence-electron chi connectivity index (χ1n) is 7.26. The normalized spacial score (nSPS) is 15.7. The summed E-state index contributed by atoms with van der Waals surface area (Å²) in [5, 5.41) is 11.5. The van der Waals surface area contributed by atoms with Gasteiger partial charge in [-0.1, -0.05) is 22.0 Å². The van der Waals surface area contributed by atoms with E-state index in [0.717, 1.165) is 12.8 Å². The monoisotopic (exact) mass is 399 g/mol. The Hall–Kier alpha value is -1.43. The first-order valence-corrected chi connectivity index (χ1v) is 9.53. The summed E-state index contributed by atoms with van der Waals surface area (Å²) in [5.74, 6) is -0.217. The lowest BCUT2D eigenvalue weighted by atomic mass is 10.0. The molecule has 1 saturated carbocycles. The summed E-state index contributed by atoms with van der Waals surface area (Å²) >= 11 is 3.22. The van der Waals surface area contributed by atoms with E-state index in [9.17, 15) is 13.2 Å². The van der Waals surface area contributed by atoms with Gasteiger partial charge in [-0.2, -0.15) is 5.26 Å². The number of benzene rings is 1. The zero-order chi connectivity index (χ0) is 16.9. The van der Waals surface area contributed by atoms with Crippen molar-refractivity contribution in [1.29, 1.82) is 5.26 Å². The second-order valence-electron chi connectivity index (χ2n) is 5.72. The van der Waals surface area contributed by atoms with E-state index in [1.807, 2.05) is 0 Å². The van der Waals surface area contributed by atoms with E-state index in [1.54, 1.807) is 12.1 Å². The van der Waals surface area contributed by atoms with Crippen molar-refractivity contribution in [3.63, 3.8) is 0 Å². The van der Waals surface area contributed by atoms with Crippen LogP contribution in [0.25, 0.3) is 0 Å². The molecule has 0 spiro atoms. The lowest BCUT2D eigenvalue weighted by Gasteiger charge is -2.12. The number of sulfonamides is 1. The minimum atomic E-state index is -3.62. The fraction of sp³-hybridized carbons (Fsp3) is 0.467. The van der Waals surface area contributed by atoms with Crippen LogP contribution in [0.2, 0.25) is 0 Å². The third kappa shape index (κ3) is 5.30. The van der Waals surface area contributed by atoms with E-state index in [-0.39, 0.29) is 29.2 Å². The fourth-order valence-electron chi connectivity index (χ4n) is 2.15. The number of halogens is 1. The number of hydrogen-bond acceptors (Lipinski definition) is 4. The molecule has 1 fully saturated rings. The van der Waals surface area contributed by atoms with Crippen LogP contribution in [0.4, 0.5) is 0 Å². The molecular weight excluding hydrogens is 382 g/mol. The molecule has 1 aliphatic rings. The quantitative estimate of drug-likeness (QED) is 0.697. The van der Waals surface area contributed by atoms with E-state index in [0.29, 0.717) is 17.4 Å². The summed E-state index contributed by atoms with van der Waals surface area (Å²) in [4.78, 5) is 11.9. The van der Waals surface area contributed by atoms with Gasteiger partial charge >= 0.3 is 0 Å². The van der Waals surface area contributed by atoms with Gasteiger partial charge in [-0.3, -0.25) is 4.79 Å². The van der Waals surface area contributed by atoms with Gasteiger partial charge in [0.25, 0.3) is 0 Å². The van der Waals surface area contributed by atoms with Crippen LogP contribution in [0, 0.1) is 16.7 Å². The molecule has 1 amide bonds. The van der Waals surface area contributed by atoms with Gasteiger partial charge in [0.1, 0.15) is 0 Å². The molecule has 0 aromatic heterocycles. The molecule has 0 atom stereocenters. The van der Waals surface area contributed by atoms with Gasteiger partial charge in [-0.05, 0) is 31.0 Å². The molecule has 1 aliphatic carbocycles. The molecule has 1 aromatic carbocycles. The van der Waals surface area contributed by atoms with Crippen molar-refractivity contribution < 1.29 is 13.2 Å². The zero-order valence-corrected chi connectivity index (χ0v) is 14.9. The van der Waals surface area contributed by atoms with Gasteiger partial charge < -0.3 is 5.32 Å². The molecule has 2 N–H and O–H groups in total. The van der Waals surface area contributed by atoms with Crippen LogP contribution in [-0.2, 0) is 14.8 Å². The number of amides is 1. The van der Waals surface area contributed by atoms with Gasteiger partial charge in [-0.25, -0.2) is 13.1 Å². The minimum absolute atomic E-state index is 0.0337. The molecule has 0 saturated heterocycles. The summed E-state index contributed by atoms with van der Waals surface area (Å²) in [6.07, 6.45) is 2.42. The number of nitrogens with one attached hydrogen (secondary N) is 2. The average molecular weight is 400 g/mol. The highest BCUT2D eigenvalue weighted by atomic mass is 79.9. The lowest BCUT2D eigenvalue weighted by molar-refractivity contribution is -0.121. The van der Waals surface area contributed by atoms with Crippen molar-refractivity contribution in [1.82, 2.24) is 10.0 Å². The standard InChI is InChI=1S/C15H18BrN3O3S/c16-12-2-1-3-13(10-12)23(21,22)19-9-4-14(20)18-11-15(5-6-15)7-8-17/h1-3,10,19H,4-7,9,11H2,(H,18,20). The van der Waals surface area contributed by atoms with Crippen LogP contribution in [0.3, 0.4) is 0 Å². The Morgan fingerprint density at radius 1 is 1.39 bits per heavy atom. The molecule has 23 heavy (non-hydrogen) atoms. The molecule has 0 radical (unpaired) electrons. The molecule has 0 unspecified atom stereocenters. The van der Waals surface area contributed by atoms with E-state index in [2.05, 4.69) is 32.0 Å². The Bertz CT molecular complexity index is 724. The van der Waals surface area contributed by atoms with Crippen molar-refractivity contribution >= 4 is 31.9 Å². The Morgan fingerprint density at radius 2 is 2.13 bits per heavy atom. The summed E-state index contributed by atoms with van der Waals surface area (Å²) < 4.78 is 27.2. The molecule has 1 aromatic rings. The van der Waals surface area contributed by atoms with E-state index >= 15 is 0 Å². The van der Waals surface area contributed by atoms with Gasteiger partial charge in [0, 0.05) is 35.8 Å². The van der Waals surface area contributed by atoms with Gasteiger partial charge in [0.2, 0.25) is 15.9 Å². The van der Waals surface area contributed by atoms with Crippen LogP contribution >= 0.6 is 15.9 Å². The van der Waals surface area contributed by atoms with Crippen molar-refractivity contribution in [3.05, 3.63) is 28.7 Å². The lowest BCUT2D eigenvalue weighted by Crippen LogP contribution is -2.33. The highest BCUT2D eigenvalue weighted by Gasteiger charge is 2.42. The second-order valence-corrected chi connectivity index (χ2v) is 8.40. The second kappa shape index (κ2) is 7.43. The van der Waals surface area contributed by atoms with Crippen LogP contribution in [0.5, 0.6) is 0 Å². The van der Waals surface area contributed by atoms with Crippen molar-refractivity contribution in [2.45, 2.75) is 30.6 Å². The highest BCUT2D eigenvalue weighted by Crippen LogP contribution is 2.47. The van der Waals surface area contributed by atoms with Gasteiger partial charge in [0.15, 0.2) is 0 Å². The molecule has 0 aliphatic heterocycles. The maximum atomic E-state index is 12.1. The molecule has 8 heteroatoms. The molecule has 0 heterocycles. The highest BCUT2D eigenvalue weighted by molar-refractivity contribution is 9.10. The maximum absolute atomic E-state index is 12.1. The minimum Gasteiger partial charge on any atom is -0.355 e. The van der Waals surface area contributed by atoms with E-state index in [4.69, 9.17) is 5.26 Å². The van der Waals surface area contributed by atoms with Crippen molar-refractivity contribution in [3.8, 4) is 6.07 Å². The number of carbonyl (C=O) groups is 1. The van der Waals surface area contributed by atoms with Crippen LogP contribution in [0.15, 0.2) is 33.6 Å². The third-order valence-corrected chi connectivity index (χ3v) is 5.77. The van der Waals surface area contributed by atoms with Crippen LogP contribution in [-0.4, -0.2) is 27.4 Å². The predicted molar refractivity (Wildman–Crippen MR) is 88.9 cm³/mol. The average Bonchev–Trinajstić information content (AvgIpc) is 3.26. The topological polar surface area (TPSA) is 99.1 Å². The van der Waals surface area contributed by atoms with Crippen LogP contribution < -0.4 is 10.0 Å². The largest absolute Gasteiger partial charge is 0.355 e. The van der Waals surface area contributed by atoms with Gasteiger partial charge in [-0.15, -0.1) is 0 Å². The summed E-state index contributed by atoms with van der Waals surface area (Å²) in [7, 11) is -3.62. The van der Waals surface area contributed by atoms with E-state index < -0.39 is 10.0 Å². The third-order valence-electron chi connectivity index (χ3n) is 3.82. The molecule has 0 bridgehead atoms. The number of nitriles is 1. The fourth-order valence-corrected chi connectivity index (χ4v) is 3.78.